The molecular weight excluding hydrogens is 168 g/mol. The van der Waals surface area contributed by atoms with E-state index in [0.29, 0.717) is 11.5 Å². The lowest BCUT2D eigenvalue weighted by Crippen LogP contribution is -2.30. The smallest absolute Gasteiger partial charge is 0.387 e. The van der Waals surface area contributed by atoms with Gasteiger partial charge in [0.25, 0.3) is 0 Å². The van der Waals surface area contributed by atoms with Crippen molar-refractivity contribution in [2.45, 2.75) is 40.2 Å². The van der Waals surface area contributed by atoms with Gasteiger partial charge in [0.15, 0.2) is 0 Å². The Bertz CT molecular complexity index is 101. The Hall–Kier alpha value is 0.137. The maximum atomic E-state index is 5.59. The van der Waals surface area contributed by atoms with Gasteiger partial charge in [0.2, 0.25) is 0 Å². The minimum absolute atomic E-state index is 0.565. The Morgan fingerprint density at radius 3 is 1.67 bits per heavy atom. The molecule has 1 unspecified atom stereocenters. The summed E-state index contributed by atoms with van der Waals surface area (Å²) in [6, 6.07) is 0. The van der Waals surface area contributed by atoms with Crippen LogP contribution < -0.4 is 0 Å². The fourth-order valence-corrected chi connectivity index (χ4v) is 2.58. The lowest BCUT2D eigenvalue weighted by atomic mass is 10.1. The highest BCUT2D eigenvalue weighted by Gasteiger charge is 2.25. The molecule has 0 saturated heterocycles. The van der Waals surface area contributed by atoms with Crippen molar-refractivity contribution in [3.8, 4) is 0 Å². The normalized spacial score (nSPS) is 14.2. The zero-order chi connectivity index (χ0) is 9.56. The maximum Gasteiger partial charge on any atom is 0.387 e. The van der Waals surface area contributed by atoms with Crippen LogP contribution in [0.15, 0.2) is 0 Å². The zero-order valence-corrected chi connectivity index (χ0v) is 9.89. The first-order chi connectivity index (χ1) is 5.63. The molecular formula is C9H21O2Si. The molecule has 0 saturated carbocycles. The Balaban J connectivity index is 3.89. The quantitative estimate of drug-likeness (QED) is 0.598. The Morgan fingerprint density at radius 2 is 1.42 bits per heavy atom. The van der Waals surface area contributed by atoms with Crippen LogP contribution in [0.3, 0.4) is 0 Å². The zero-order valence-electron chi connectivity index (χ0n) is 8.89. The lowest BCUT2D eigenvalue weighted by molar-refractivity contribution is 0.199. The molecule has 0 amide bonds. The second-order valence-electron chi connectivity index (χ2n) is 3.22. The largest absolute Gasteiger partial charge is 0.393 e. The molecule has 0 aromatic heterocycles. The fourth-order valence-electron chi connectivity index (χ4n) is 0.861. The summed E-state index contributed by atoms with van der Waals surface area (Å²) < 4.78 is 11.2. The molecule has 2 nitrogen and oxygen atoms in total. The third kappa shape index (κ3) is 4.23. The summed E-state index contributed by atoms with van der Waals surface area (Å²) >= 11 is 0. The number of hydrogen-bond acceptors (Lipinski definition) is 2. The molecule has 0 spiro atoms. The highest BCUT2D eigenvalue weighted by molar-refractivity contribution is 6.46. The van der Waals surface area contributed by atoms with Crippen molar-refractivity contribution in [2.75, 3.05) is 13.2 Å². The molecule has 0 rings (SSSR count). The Kier molecular flexibility index (Phi) is 6.71. The first-order valence-electron chi connectivity index (χ1n) is 4.75. The molecule has 1 atom stereocenters. The summed E-state index contributed by atoms with van der Waals surface area (Å²) in [6.45, 7) is 12.2. The minimum Gasteiger partial charge on any atom is -0.393 e. The average Bonchev–Trinajstić information content (AvgIpc) is 2.03. The van der Waals surface area contributed by atoms with Crippen molar-refractivity contribution in [2.24, 2.45) is 5.92 Å². The van der Waals surface area contributed by atoms with Crippen LogP contribution in [0.2, 0.25) is 5.54 Å². The van der Waals surface area contributed by atoms with Crippen molar-refractivity contribution in [1.29, 1.82) is 0 Å². The van der Waals surface area contributed by atoms with Gasteiger partial charge in [-0.1, -0.05) is 20.8 Å². The third-order valence-electron chi connectivity index (χ3n) is 1.94. The second kappa shape index (κ2) is 6.63. The van der Waals surface area contributed by atoms with Gasteiger partial charge in [0, 0.05) is 18.8 Å². The van der Waals surface area contributed by atoms with E-state index >= 15 is 0 Å². The van der Waals surface area contributed by atoms with Crippen LogP contribution in [-0.4, -0.2) is 22.5 Å². The summed E-state index contributed by atoms with van der Waals surface area (Å²) in [6.07, 6.45) is 0. The van der Waals surface area contributed by atoms with E-state index in [2.05, 4.69) is 20.8 Å². The van der Waals surface area contributed by atoms with E-state index in [1.54, 1.807) is 0 Å². The van der Waals surface area contributed by atoms with Crippen LogP contribution in [0.1, 0.15) is 34.6 Å². The fraction of sp³-hybridized carbons (Fsp3) is 1.00. The molecule has 0 heterocycles. The lowest BCUT2D eigenvalue weighted by Gasteiger charge is -2.22. The molecule has 3 heteroatoms. The van der Waals surface area contributed by atoms with Crippen LogP contribution in [-0.2, 0) is 8.85 Å². The highest BCUT2D eigenvalue weighted by Crippen LogP contribution is 2.21. The number of hydrogen-bond donors (Lipinski definition) is 0. The van der Waals surface area contributed by atoms with E-state index in [9.17, 15) is 0 Å². The van der Waals surface area contributed by atoms with Crippen LogP contribution in [0.4, 0.5) is 0 Å². The molecule has 0 aliphatic heterocycles. The molecule has 0 N–H and O–H groups in total. The second-order valence-corrected chi connectivity index (χ2v) is 5.34. The number of rotatable bonds is 6. The molecule has 0 fully saturated rings. The first kappa shape index (κ1) is 12.1. The highest BCUT2D eigenvalue weighted by atomic mass is 28.3. The van der Waals surface area contributed by atoms with Crippen molar-refractivity contribution >= 4 is 9.28 Å². The molecule has 0 aromatic rings. The van der Waals surface area contributed by atoms with E-state index in [-0.39, 0.29) is 0 Å². The van der Waals surface area contributed by atoms with Gasteiger partial charge < -0.3 is 8.85 Å². The van der Waals surface area contributed by atoms with Gasteiger partial charge in [0.1, 0.15) is 0 Å². The maximum absolute atomic E-state index is 5.59. The third-order valence-corrected chi connectivity index (χ3v) is 4.50. The predicted octanol–water partition coefficient (Wildman–Crippen LogP) is 2.59. The van der Waals surface area contributed by atoms with Crippen molar-refractivity contribution < 1.29 is 8.85 Å². The van der Waals surface area contributed by atoms with Crippen molar-refractivity contribution in [3.05, 3.63) is 0 Å². The standard InChI is InChI=1S/C9H21O2Si/c1-6-10-12(11-7-2)9(5)8(3)4/h8-9H,6-7H2,1-5H3. The molecule has 73 valence electrons. The van der Waals surface area contributed by atoms with E-state index in [4.69, 9.17) is 8.85 Å². The van der Waals surface area contributed by atoms with Crippen molar-refractivity contribution in [3.63, 3.8) is 0 Å². The van der Waals surface area contributed by atoms with Gasteiger partial charge in [-0.05, 0) is 19.8 Å². The van der Waals surface area contributed by atoms with Crippen LogP contribution in [0.25, 0.3) is 0 Å². The van der Waals surface area contributed by atoms with Gasteiger partial charge in [0.05, 0.1) is 0 Å². The monoisotopic (exact) mass is 189 g/mol. The van der Waals surface area contributed by atoms with Gasteiger partial charge in [-0.25, -0.2) is 0 Å². The molecule has 0 aromatic carbocycles. The molecule has 0 aliphatic rings. The molecule has 0 bridgehead atoms. The Labute approximate surface area is 78.1 Å². The van der Waals surface area contributed by atoms with Crippen LogP contribution >= 0.6 is 0 Å². The van der Waals surface area contributed by atoms with E-state index in [1.165, 1.54) is 0 Å². The average molecular weight is 189 g/mol. The van der Waals surface area contributed by atoms with Gasteiger partial charge in [-0.15, -0.1) is 0 Å². The summed E-state index contributed by atoms with van der Waals surface area (Å²) in [5, 5.41) is 0. The predicted molar refractivity (Wildman–Crippen MR) is 53.3 cm³/mol. The van der Waals surface area contributed by atoms with E-state index in [1.807, 2.05) is 13.8 Å². The van der Waals surface area contributed by atoms with Crippen LogP contribution in [0, 0.1) is 5.92 Å². The summed E-state index contributed by atoms with van der Waals surface area (Å²) in [4.78, 5) is 0. The first-order valence-corrected chi connectivity index (χ1v) is 6.15. The topological polar surface area (TPSA) is 18.5 Å². The van der Waals surface area contributed by atoms with E-state index in [0.717, 1.165) is 13.2 Å². The van der Waals surface area contributed by atoms with E-state index < -0.39 is 9.28 Å². The summed E-state index contributed by atoms with van der Waals surface area (Å²) in [7, 11) is -1.02. The molecule has 12 heavy (non-hydrogen) atoms. The molecule has 1 radical (unpaired) electrons. The van der Waals surface area contributed by atoms with Gasteiger partial charge in [-0.3, -0.25) is 0 Å². The molecule has 0 aliphatic carbocycles. The minimum atomic E-state index is -1.02. The van der Waals surface area contributed by atoms with Crippen LogP contribution in [0.5, 0.6) is 0 Å². The van der Waals surface area contributed by atoms with Gasteiger partial charge >= 0.3 is 9.28 Å². The summed E-state index contributed by atoms with van der Waals surface area (Å²) in [5.41, 5.74) is 0.565. The van der Waals surface area contributed by atoms with Gasteiger partial charge in [-0.2, -0.15) is 0 Å². The Morgan fingerprint density at radius 1 is 1.00 bits per heavy atom. The van der Waals surface area contributed by atoms with Crippen molar-refractivity contribution in [1.82, 2.24) is 0 Å². The SMILES string of the molecule is CCO[Si](OCC)C(C)C(C)C. The summed E-state index contributed by atoms with van der Waals surface area (Å²) in [5.74, 6) is 0.650.